The molecule has 1 saturated heterocycles. The second kappa shape index (κ2) is 9.38. The molecule has 2 aromatic carbocycles. The van der Waals surface area contributed by atoms with Gasteiger partial charge in [-0.3, -0.25) is 14.4 Å². The molecule has 0 saturated carbocycles. The molecule has 31 heavy (non-hydrogen) atoms. The molecule has 2 N–H and O–H groups in total. The topological polar surface area (TPSA) is 87.7 Å². The van der Waals surface area contributed by atoms with Crippen LogP contribution in [0.1, 0.15) is 38.1 Å². The van der Waals surface area contributed by atoms with Crippen molar-refractivity contribution in [2.45, 2.75) is 50.3 Å². The molecule has 2 unspecified atom stereocenters. The van der Waals surface area contributed by atoms with Crippen LogP contribution in [0.5, 0.6) is 0 Å². The summed E-state index contributed by atoms with van der Waals surface area (Å²) in [6.07, 6.45) is 0.293. The summed E-state index contributed by atoms with van der Waals surface area (Å²) in [6.45, 7) is 10.4. The molecule has 1 amide bonds. The van der Waals surface area contributed by atoms with Crippen molar-refractivity contribution in [3.8, 4) is 0 Å². The molecule has 0 aliphatic carbocycles. The Labute approximate surface area is 184 Å². The molecule has 3 rings (SSSR count). The molecule has 1 fully saturated rings. The highest BCUT2D eigenvalue weighted by atomic mass is 32.2. The van der Waals surface area contributed by atoms with E-state index in [4.69, 9.17) is 4.74 Å². The van der Waals surface area contributed by atoms with Gasteiger partial charge in [-0.05, 0) is 58.0 Å². The van der Waals surface area contributed by atoms with E-state index in [2.05, 4.69) is 42.6 Å². The summed E-state index contributed by atoms with van der Waals surface area (Å²) in [4.78, 5) is 15.3. The lowest BCUT2D eigenvalue weighted by atomic mass is 10.00. The summed E-state index contributed by atoms with van der Waals surface area (Å²) in [5, 5.41) is 2.99. The van der Waals surface area contributed by atoms with Gasteiger partial charge < -0.3 is 10.1 Å². The summed E-state index contributed by atoms with van der Waals surface area (Å²) in [5.74, 6) is -0.247. The number of morpholine rings is 1. The van der Waals surface area contributed by atoms with Crippen molar-refractivity contribution in [3.63, 3.8) is 0 Å². The Hall–Kier alpha value is -2.42. The van der Waals surface area contributed by atoms with Crippen LogP contribution in [0.15, 0.2) is 59.5 Å². The summed E-state index contributed by atoms with van der Waals surface area (Å²) < 4.78 is 33.4. The minimum Gasteiger partial charge on any atom is -0.373 e. The maximum Gasteiger partial charge on any atom is 0.261 e. The number of anilines is 1. The molecule has 1 aliphatic rings. The molecule has 8 heteroatoms. The molecule has 0 bridgehead atoms. The fourth-order valence-electron chi connectivity index (χ4n) is 3.72. The zero-order chi connectivity index (χ0) is 22.6. The standard InChI is InChI=1S/C23H31N3O4S/c1-17-14-26(15-18(2)30-17)23(3,4)16-24-22(27)19-9-8-10-20(13-19)25-31(28,29)21-11-6-5-7-12-21/h5-13,17-18,25H,14-16H2,1-4H3,(H,24,27). The predicted octanol–water partition coefficient (Wildman–Crippen LogP) is 3.11. The van der Waals surface area contributed by atoms with E-state index in [0.29, 0.717) is 17.8 Å². The van der Waals surface area contributed by atoms with Gasteiger partial charge in [0.05, 0.1) is 17.1 Å². The first-order valence-corrected chi connectivity index (χ1v) is 11.9. The van der Waals surface area contributed by atoms with Crippen molar-refractivity contribution in [2.24, 2.45) is 0 Å². The van der Waals surface area contributed by atoms with Crippen molar-refractivity contribution in [1.82, 2.24) is 10.2 Å². The van der Waals surface area contributed by atoms with Gasteiger partial charge >= 0.3 is 0 Å². The van der Waals surface area contributed by atoms with E-state index in [1.54, 1.807) is 42.5 Å². The van der Waals surface area contributed by atoms with Gasteiger partial charge in [0.1, 0.15) is 0 Å². The van der Waals surface area contributed by atoms with Crippen molar-refractivity contribution < 1.29 is 17.9 Å². The van der Waals surface area contributed by atoms with E-state index < -0.39 is 10.0 Å². The number of nitrogens with one attached hydrogen (secondary N) is 2. The number of sulfonamides is 1. The number of carbonyl (C=O) groups excluding carboxylic acids is 1. The van der Waals surface area contributed by atoms with Crippen molar-refractivity contribution in [3.05, 3.63) is 60.2 Å². The number of ether oxygens (including phenoxy) is 1. The second-order valence-corrected chi connectivity index (χ2v) is 10.3. The Morgan fingerprint density at radius 2 is 1.71 bits per heavy atom. The Bertz CT molecular complexity index is 998. The Kier molecular flexibility index (Phi) is 7.03. The van der Waals surface area contributed by atoms with Gasteiger partial charge in [-0.15, -0.1) is 0 Å². The number of hydrogen-bond donors (Lipinski definition) is 2. The zero-order valence-electron chi connectivity index (χ0n) is 18.5. The van der Waals surface area contributed by atoms with E-state index in [0.717, 1.165) is 13.1 Å². The van der Waals surface area contributed by atoms with Crippen LogP contribution >= 0.6 is 0 Å². The normalized spacial score (nSPS) is 20.3. The van der Waals surface area contributed by atoms with Crippen LogP contribution in [0.25, 0.3) is 0 Å². The molecule has 2 aromatic rings. The van der Waals surface area contributed by atoms with E-state index in [1.807, 2.05) is 0 Å². The van der Waals surface area contributed by atoms with Crippen LogP contribution in [0.4, 0.5) is 5.69 Å². The van der Waals surface area contributed by atoms with Crippen LogP contribution in [-0.2, 0) is 14.8 Å². The average molecular weight is 446 g/mol. The summed E-state index contributed by atoms with van der Waals surface area (Å²) >= 11 is 0. The number of nitrogens with zero attached hydrogens (tertiary/aromatic N) is 1. The lowest BCUT2D eigenvalue weighted by Gasteiger charge is -2.45. The third kappa shape index (κ3) is 6.06. The van der Waals surface area contributed by atoms with Crippen molar-refractivity contribution in [2.75, 3.05) is 24.4 Å². The van der Waals surface area contributed by atoms with Crippen LogP contribution < -0.4 is 10.0 Å². The Morgan fingerprint density at radius 3 is 2.35 bits per heavy atom. The predicted molar refractivity (Wildman–Crippen MR) is 122 cm³/mol. The number of amides is 1. The fraction of sp³-hybridized carbons (Fsp3) is 0.435. The molecule has 0 spiro atoms. The highest BCUT2D eigenvalue weighted by Gasteiger charge is 2.33. The Morgan fingerprint density at radius 1 is 1.06 bits per heavy atom. The SMILES string of the molecule is CC1CN(C(C)(C)CNC(=O)c2cccc(NS(=O)(=O)c3ccccc3)c2)CC(C)O1. The smallest absolute Gasteiger partial charge is 0.261 e. The van der Waals surface area contributed by atoms with Gasteiger partial charge in [0, 0.05) is 36.4 Å². The van der Waals surface area contributed by atoms with E-state index >= 15 is 0 Å². The molecule has 0 radical (unpaired) electrons. The third-order valence-electron chi connectivity index (χ3n) is 5.39. The third-order valence-corrected chi connectivity index (χ3v) is 6.78. The first kappa shape index (κ1) is 23.2. The van der Waals surface area contributed by atoms with Crippen LogP contribution in [0.2, 0.25) is 0 Å². The van der Waals surface area contributed by atoms with Gasteiger partial charge in [-0.25, -0.2) is 8.42 Å². The van der Waals surface area contributed by atoms with E-state index in [-0.39, 0.29) is 28.5 Å². The van der Waals surface area contributed by atoms with Gasteiger partial charge in [0.25, 0.3) is 15.9 Å². The quantitative estimate of drug-likeness (QED) is 0.684. The summed E-state index contributed by atoms with van der Waals surface area (Å²) in [7, 11) is -3.72. The first-order chi connectivity index (χ1) is 14.6. The van der Waals surface area contributed by atoms with Gasteiger partial charge in [0.2, 0.25) is 0 Å². The molecule has 7 nitrogen and oxygen atoms in total. The van der Waals surface area contributed by atoms with E-state index in [1.165, 1.54) is 12.1 Å². The largest absolute Gasteiger partial charge is 0.373 e. The van der Waals surface area contributed by atoms with Crippen molar-refractivity contribution >= 4 is 21.6 Å². The highest BCUT2D eigenvalue weighted by molar-refractivity contribution is 7.92. The monoisotopic (exact) mass is 445 g/mol. The van der Waals surface area contributed by atoms with E-state index in [9.17, 15) is 13.2 Å². The number of carbonyl (C=O) groups is 1. The van der Waals surface area contributed by atoms with Crippen LogP contribution in [0.3, 0.4) is 0 Å². The maximum absolute atomic E-state index is 12.8. The Balaban J connectivity index is 1.65. The molecule has 0 aromatic heterocycles. The lowest BCUT2D eigenvalue weighted by molar-refractivity contribution is -0.0948. The average Bonchev–Trinajstić information content (AvgIpc) is 2.72. The molecule has 168 valence electrons. The number of hydrogen-bond acceptors (Lipinski definition) is 5. The van der Waals surface area contributed by atoms with Crippen molar-refractivity contribution in [1.29, 1.82) is 0 Å². The fourth-order valence-corrected chi connectivity index (χ4v) is 4.79. The van der Waals surface area contributed by atoms with Gasteiger partial charge in [-0.1, -0.05) is 24.3 Å². The molecular formula is C23H31N3O4S. The highest BCUT2D eigenvalue weighted by Crippen LogP contribution is 2.21. The number of rotatable bonds is 7. The van der Waals surface area contributed by atoms with Crippen LogP contribution in [-0.4, -0.2) is 56.6 Å². The first-order valence-electron chi connectivity index (χ1n) is 10.4. The second-order valence-electron chi connectivity index (χ2n) is 8.66. The van der Waals surface area contributed by atoms with Crippen LogP contribution in [0, 0.1) is 0 Å². The molecular weight excluding hydrogens is 414 g/mol. The van der Waals surface area contributed by atoms with Gasteiger partial charge in [0.15, 0.2) is 0 Å². The van der Waals surface area contributed by atoms with Gasteiger partial charge in [-0.2, -0.15) is 0 Å². The molecule has 2 atom stereocenters. The minimum absolute atomic E-state index is 0.146. The summed E-state index contributed by atoms with van der Waals surface area (Å²) in [6, 6.07) is 14.6. The molecule has 1 aliphatic heterocycles. The number of benzene rings is 2. The molecule has 1 heterocycles. The maximum atomic E-state index is 12.8. The summed E-state index contributed by atoms with van der Waals surface area (Å²) in [5.41, 5.74) is 0.494. The minimum atomic E-state index is -3.72. The zero-order valence-corrected chi connectivity index (χ0v) is 19.3. The lowest BCUT2D eigenvalue weighted by Crippen LogP contribution is -2.58.